The number of hydrogen-bond acceptors (Lipinski definition) is 6. The maximum Gasteiger partial charge on any atom is 0.342 e. The minimum absolute atomic E-state index is 0.132. The van der Waals surface area contributed by atoms with Gasteiger partial charge in [0.2, 0.25) is 0 Å². The second-order valence-electron chi connectivity index (χ2n) is 4.90. The first-order valence-corrected chi connectivity index (χ1v) is 7.41. The number of rotatable bonds is 7. The van der Waals surface area contributed by atoms with Crippen molar-refractivity contribution in [2.75, 3.05) is 33.3 Å². The van der Waals surface area contributed by atoms with Crippen LogP contribution in [-0.2, 0) is 9.53 Å². The molecule has 0 unspecified atom stereocenters. The van der Waals surface area contributed by atoms with Gasteiger partial charge in [0.15, 0.2) is 18.1 Å². The van der Waals surface area contributed by atoms with E-state index in [-0.39, 0.29) is 11.3 Å². The highest BCUT2D eigenvalue weighted by atomic mass is 16.5. The monoisotopic (exact) mass is 345 g/mol. The Hall–Kier alpha value is -3.22. The van der Waals surface area contributed by atoms with Crippen LogP contribution in [0.4, 0.5) is 5.69 Å². The molecule has 0 aliphatic carbocycles. The SMILES string of the molecule is COc1cc(OC)c(C(=O)OCC(=O)Nc2ccccc2)cc1OC. The van der Waals surface area contributed by atoms with Crippen molar-refractivity contribution in [3.63, 3.8) is 0 Å². The number of nitrogens with one attached hydrogen (secondary N) is 1. The summed E-state index contributed by atoms with van der Waals surface area (Å²) in [6, 6.07) is 11.8. The number of benzene rings is 2. The molecule has 7 nitrogen and oxygen atoms in total. The van der Waals surface area contributed by atoms with Crippen LogP contribution in [0.3, 0.4) is 0 Å². The lowest BCUT2D eigenvalue weighted by molar-refractivity contribution is -0.119. The molecule has 0 atom stereocenters. The second kappa shape index (κ2) is 8.58. The maximum atomic E-state index is 12.3. The summed E-state index contributed by atoms with van der Waals surface area (Å²) in [5, 5.41) is 2.63. The lowest BCUT2D eigenvalue weighted by atomic mass is 10.1. The van der Waals surface area contributed by atoms with E-state index in [9.17, 15) is 9.59 Å². The zero-order chi connectivity index (χ0) is 18.2. The molecule has 2 aromatic rings. The highest BCUT2D eigenvalue weighted by Crippen LogP contribution is 2.34. The van der Waals surface area contributed by atoms with Crippen LogP contribution in [0, 0.1) is 0 Å². The van der Waals surface area contributed by atoms with Crippen molar-refractivity contribution in [2.24, 2.45) is 0 Å². The van der Waals surface area contributed by atoms with E-state index in [0.29, 0.717) is 17.2 Å². The summed E-state index contributed by atoms with van der Waals surface area (Å²) in [6.45, 7) is -0.425. The Morgan fingerprint density at radius 3 is 2.08 bits per heavy atom. The predicted octanol–water partition coefficient (Wildman–Crippen LogP) is 2.51. The van der Waals surface area contributed by atoms with Gasteiger partial charge < -0.3 is 24.3 Å². The van der Waals surface area contributed by atoms with Crippen LogP contribution in [0.15, 0.2) is 42.5 Å². The Balaban J connectivity index is 2.06. The first-order valence-electron chi connectivity index (χ1n) is 7.41. The van der Waals surface area contributed by atoms with Gasteiger partial charge in [-0.15, -0.1) is 0 Å². The van der Waals surface area contributed by atoms with Crippen LogP contribution in [0.25, 0.3) is 0 Å². The van der Waals surface area contributed by atoms with E-state index >= 15 is 0 Å². The molecule has 0 fully saturated rings. The van der Waals surface area contributed by atoms with Crippen molar-refractivity contribution < 1.29 is 28.5 Å². The second-order valence-corrected chi connectivity index (χ2v) is 4.90. The Bertz CT molecular complexity index is 745. The molecule has 0 radical (unpaired) electrons. The molecule has 0 aromatic heterocycles. The highest BCUT2D eigenvalue weighted by Gasteiger charge is 2.19. The topological polar surface area (TPSA) is 83.1 Å². The Kier molecular flexibility index (Phi) is 6.22. The lowest BCUT2D eigenvalue weighted by Gasteiger charge is -2.13. The van der Waals surface area contributed by atoms with E-state index in [0.717, 1.165) is 0 Å². The zero-order valence-corrected chi connectivity index (χ0v) is 14.2. The van der Waals surface area contributed by atoms with Crippen molar-refractivity contribution in [3.8, 4) is 17.2 Å². The van der Waals surface area contributed by atoms with E-state index in [4.69, 9.17) is 18.9 Å². The fourth-order valence-electron chi connectivity index (χ4n) is 2.12. The molecule has 2 aromatic carbocycles. The molecule has 0 heterocycles. The molecule has 0 spiro atoms. The first-order chi connectivity index (χ1) is 12.1. The van der Waals surface area contributed by atoms with E-state index in [1.54, 1.807) is 24.3 Å². The zero-order valence-electron chi connectivity index (χ0n) is 14.2. The molecule has 1 N–H and O–H groups in total. The first kappa shape index (κ1) is 18.1. The number of carbonyl (C=O) groups is 2. The number of anilines is 1. The molecule has 2 rings (SSSR count). The van der Waals surface area contributed by atoms with Crippen LogP contribution in [-0.4, -0.2) is 39.8 Å². The van der Waals surface area contributed by atoms with Crippen molar-refractivity contribution in [3.05, 3.63) is 48.0 Å². The van der Waals surface area contributed by atoms with Gasteiger partial charge >= 0.3 is 5.97 Å². The van der Waals surface area contributed by atoms with Crippen molar-refractivity contribution in [1.82, 2.24) is 0 Å². The number of amides is 1. The summed E-state index contributed by atoms with van der Waals surface area (Å²) in [6.07, 6.45) is 0. The largest absolute Gasteiger partial charge is 0.496 e. The fraction of sp³-hybridized carbons (Fsp3) is 0.222. The fourth-order valence-corrected chi connectivity index (χ4v) is 2.12. The van der Waals surface area contributed by atoms with Crippen molar-refractivity contribution >= 4 is 17.6 Å². The minimum Gasteiger partial charge on any atom is -0.496 e. The Morgan fingerprint density at radius 2 is 1.48 bits per heavy atom. The molecule has 0 aliphatic rings. The summed E-state index contributed by atoms with van der Waals surface area (Å²) in [5.41, 5.74) is 0.750. The average molecular weight is 345 g/mol. The highest BCUT2D eigenvalue weighted by molar-refractivity contribution is 5.97. The normalized spacial score (nSPS) is 9.88. The van der Waals surface area contributed by atoms with Crippen LogP contribution >= 0.6 is 0 Å². The Morgan fingerprint density at radius 1 is 0.880 bits per heavy atom. The standard InChI is InChI=1S/C18H19NO6/c1-22-14-10-16(24-3)15(23-2)9-13(14)18(21)25-11-17(20)19-12-7-5-4-6-8-12/h4-10H,11H2,1-3H3,(H,19,20). The van der Waals surface area contributed by atoms with E-state index in [1.165, 1.54) is 33.5 Å². The van der Waals surface area contributed by atoms with Gasteiger partial charge in [0.05, 0.1) is 21.3 Å². The van der Waals surface area contributed by atoms with E-state index < -0.39 is 18.5 Å². The van der Waals surface area contributed by atoms with Gasteiger partial charge in [-0.2, -0.15) is 0 Å². The quantitative estimate of drug-likeness (QED) is 0.777. The van der Waals surface area contributed by atoms with Crippen molar-refractivity contribution in [1.29, 1.82) is 0 Å². The van der Waals surface area contributed by atoms with Crippen molar-refractivity contribution in [2.45, 2.75) is 0 Å². The third kappa shape index (κ3) is 4.63. The molecule has 7 heteroatoms. The van der Waals surface area contributed by atoms with Gasteiger partial charge in [-0.1, -0.05) is 18.2 Å². The molecule has 0 saturated heterocycles. The number of carbonyl (C=O) groups excluding carboxylic acids is 2. The number of hydrogen-bond donors (Lipinski definition) is 1. The minimum atomic E-state index is -0.707. The van der Waals surface area contributed by atoms with Crippen LogP contribution < -0.4 is 19.5 Å². The molecular weight excluding hydrogens is 326 g/mol. The van der Waals surface area contributed by atoms with Gasteiger partial charge in [0.25, 0.3) is 5.91 Å². The summed E-state index contributed by atoms with van der Waals surface area (Å²) >= 11 is 0. The van der Waals surface area contributed by atoms with E-state index in [2.05, 4.69) is 5.32 Å². The molecule has 0 bridgehead atoms. The number of para-hydroxylation sites is 1. The summed E-state index contributed by atoms with van der Waals surface area (Å²) in [7, 11) is 4.34. The molecular formula is C18H19NO6. The lowest BCUT2D eigenvalue weighted by Crippen LogP contribution is -2.21. The third-order valence-corrected chi connectivity index (χ3v) is 3.32. The van der Waals surface area contributed by atoms with E-state index in [1.807, 2.05) is 6.07 Å². The van der Waals surface area contributed by atoms with Gasteiger partial charge in [0, 0.05) is 17.8 Å². The number of ether oxygens (including phenoxy) is 4. The molecule has 0 saturated carbocycles. The third-order valence-electron chi connectivity index (χ3n) is 3.32. The van der Waals surface area contributed by atoms with Crippen LogP contribution in [0.2, 0.25) is 0 Å². The summed E-state index contributed by atoms with van der Waals surface area (Å²) in [5.74, 6) is -0.132. The van der Waals surface area contributed by atoms with Crippen LogP contribution in [0.5, 0.6) is 17.2 Å². The summed E-state index contributed by atoms with van der Waals surface area (Å²) < 4.78 is 20.5. The smallest absolute Gasteiger partial charge is 0.342 e. The molecule has 132 valence electrons. The summed E-state index contributed by atoms with van der Waals surface area (Å²) in [4.78, 5) is 24.1. The number of methoxy groups -OCH3 is 3. The Labute approximate surface area is 145 Å². The van der Waals surface area contributed by atoms with Crippen LogP contribution in [0.1, 0.15) is 10.4 Å². The predicted molar refractivity (Wildman–Crippen MR) is 91.5 cm³/mol. The van der Waals surface area contributed by atoms with Gasteiger partial charge in [-0.05, 0) is 12.1 Å². The molecule has 1 amide bonds. The molecule has 0 aliphatic heterocycles. The number of esters is 1. The molecule has 25 heavy (non-hydrogen) atoms. The maximum absolute atomic E-state index is 12.3. The average Bonchev–Trinajstić information content (AvgIpc) is 2.65. The van der Waals surface area contributed by atoms with Gasteiger partial charge in [0.1, 0.15) is 11.3 Å². The van der Waals surface area contributed by atoms with Gasteiger partial charge in [-0.3, -0.25) is 4.79 Å². The van der Waals surface area contributed by atoms with Gasteiger partial charge in [-0.25, -0.2) is 4.79 Å².